The lowest BCUT2D eigenvalue weighted by molar-refractivity contribution is -0.0501. The van der Waals surface area contributed by atoms with E-state index in [4.69, 9.17) is 4.74 Å². The summed E-state index contributed by atoms with van der Waals surface area (Å²) in [7, 11) is 0. The van der Waals surface area contributed by atoms with Crippen molar-refractivity contribution in [2.75, 3.05) is 19.7 Å². The van der Waals surface area contributed by atoms with E-state index >= 15 is 0 Å². The maximum Gasteiger partial charge on any atom is 0.123 e. The molecule has 0 aromatic heterocycles. The molecule has 0 unspecified atom stereocenters. The first-order valence-corrected chi connectivity index (χ1v) is 6.27. The second kappa shape index (κ2) is 5.61. The molecule has 1 heterocycles. The Balaban J connectivity index is 1.77. The molecule has 1 saturated heterocycles. The third-order valence-electron chi connectivity index (χ3n) is 3.42. The molecule has 17 heavy (non-hydrogen) atoms. The van der Waals surface area contributed by atoms with E-state index in [0.717, 1.165) is 37.9 Å². The molecule has 0 bridgehead atoms. The number of hydrogen-bond donors (Lipinski definition) is 1. The maximum atomic E-state index is 12.7. The van der Waals surface area contributed by atoms with Gasteiger partial charge in [-0.2, -0.15) is 0 Å². The highest BCUT2D eigenvalue weighted by Gasteiger charge is 2.26. The molecule has 2 rings (SSSR count). The largest absolute Gasteiger partial charge is 0.375 e. The molecule has 0 spiro atoms. The smallest absolute Gasteiger partial charge is 0.123 e. The van der Waals surface area contributed by atoms with Gasteiger partial charge < -0.3 is 10.1 Å². The number of nitrogens with one attached hydrogen (secondary N) is 1. The Hall–Kier alpha value is -0.930. The minimum Gasteiger partial charge on any atom is -0.375 e. The van der Waals surface area contributed by atoms with Crippen molar-refractivity contribution in [3.8, 4) is 0 Å². The zero-order valence-electron chi connectivity index (χ0n) is 10.3. The van der Waals surface area contributed by atoms with Gasteiger partial charge in [0.1, 0.15) is 5.82 Å². The average molecular weight is 237 g/mol. The second-order valence-corrected chi connectivity index (χ2v) is 4.92. The van der Waals surface area contributed by atoms with Gasteiger partial charge in [-0.05, 0) is 57.0 Å². The molecule has 0 radical (unpaired) electrons. The molecule has 0 aliphatic carbocycles. The van der Waals surface area contributed by atoms with Crippen molar-refractivity contribution in [2.45, 2.75) is 31.8 Å². The second-order valence-electron chi connectivity index (χ2n) is 4.92. The number of halogens is 1. The van der Waals surface area contributed by atoms with Crippen molar-refractivity contribution >= 4 is 0 Å². The summed E-state index contributed by atoms with van der Waals surface area (Å²) in [6, 6.07) is 6.65. The monoisotopic (exact) mass is 237 g/mol. The van der Waals surface area contributed by atoms with Crippen LogP contribution >= 0.6 is 0 Å². The van der Waals surface area contributed by atoms with E-state index in [1.165, 1.54) is 12.1 Å². The third-order valence-corrected chi connectivity index (χ3v) is 3.42. The molecular weight excluding hydrogens is 217 g/mol. The van der Waals surface area contributed by atoms with Gasteiger partial charge in [-0.3, -0.25) is 0 Å². The van der Waals surface area contributed by atoms with Gasteiger partial charge in [0.05, 0.1) is 12.2 Å². The summed E-state index contributed by atoms with van der Waals surface area (Å²) < 4.78 is 18.7. The first-order valence-electron chi connectivity index (χ1n) is 6.27. The molecule has 1 N–H and O–H groups in total. The summed E-state index contributed by atoms with van der Waals surface area (Å²) >= 11 is 0. The van der Waals surface area contributed by atoms with Gasteiger partial charge in [-0.15, -0.1) is 0 Å². The summed E-state index contributed by atoms with van der Waals surface area (Å²) in [6.07, 6.45) is 2.98. The maximum absolute atomic E-state index is 12.7. The van der Waals surface area contributed by atoms with E-state index in [9.17, 15) is 4.39 Å². The van der Waals surface area contributed by atoms with Gasteiger partial charge in [0, 0.05) is 0 Å². The van der Waals surface area contributed by atoms with Crippen molar-refractivity contribution in [1.82, 2.24) is 5.32 Å². The molecule has 1 aromatic carbocycles. The summed E-state index contributed by atoms with van der Waals surface area (Å²) in [5.74, 6) is -0.181. The van der Waals surface area contributed by atoms with Crippen LogP contribution < -0.4 is 5.32 Å². The molecule has 1 aliphatic rings. The molecule has 94 valence electrons. The van der Waals surface area contributed by atoms with Crippen LogP contribution in [0.3, 0.4) is 0 Å². The molecule has 0 atom stereocenters. The standard InChI is InChI=1S/C14H20FNO/c1-14(7-9-16-10-8-14)17-11-6-12-2-4-13(15)5-3-12/h2-5,16H,6-11H2,1H3. The van der Waals surface area contributed by atoms with E-state index in [1.807, 2.05) is 12.1 Å². The van der Waals surface area contributed by atoms with Crippen LogP contribution in [0, 0.1) is 5.82 Å². The SMILES string of the molecule is CC1(OCCc2ccc(F)cc2)CCNCC1. The van der Waals surface area contributed by atoms with Crippen molar-refractivity contribution in [1.29, 1.82) is 0 Å². The highest BCUT2D eigenvalue weighted by atomic mass is 19.1. The summed E-state index contributed by atoms with van der Waals surface area (Å²) in [5, 5.41) is 3.33. The molecule has 1 aliphatic heterocycles. The Labute approximate surface area is 102 Å². The first-order chi connectivity index (χ1) is 8.18. The fourth-order valence-corrected chi connectivity index (χ4v) is 2.17. The van der Waals surface area contributed by atoms with E-state index in [-0.39, 0.29) is 11.4 Å². The van der Waals surface area contributed by atoms with Crippen LogP contribution in [0.25, 0.3) is 0 Å². The van der Waals surface area contributed by atoms with Crippen molar-refractivity contribution < 1.29 is 9.13 Å². The third kappa shape index (κ3) is 3.79. The molecule has 2 nitrogen and oxygen atoms in total. The molecular formula is C14H20FNO. The van der Waals surface area contributed by atoms with Crippen LogP contribution in [0.15, 0.2) is 24.3 Å². The quantitative estimate of drug-likeness (QED) is 0.869. The predicted molar refractivity (Wildman–Crippen MR) is 66.6 cm³/mol. The lowest BCUT2D eigenvalue weighted by Crippen LogP contribution is -2.42. The van der Waals surface area contributed by atoms with Crippen molar-refractivity contribution in [2.24, 2.45) is 0 Å². The number of hydrogen-bond acceptors (Lipinski definition) is 2. The van der Waals surface area contributed by atoms with E-state index in [1.54, 1.807) is 0 Å². The highest BCUT2D eigenvalue weighted by molar-refractivity contribution is 5.16. The Bertz CT molecular complexity index is 344. The van der Waals surface area contributed by atoms with E-state index in [2.05, 4.69) is 12.2 Å². The van der Waals surface area contributed by atoms with Gasteiger partial charge in [0.2, 0.25) is 0 Å². The fourth-order valence-electron chi connectivity index (χ4n) is 2.17. The van der Waals surface area contributed by atoms with Crippen LogP contribution in [0.1, 0.15) is 25.3 Å². The lowest BCUT2D eigenvalue weighted by Gasteiger charge is -2.34. The molecule has 0 saturated carbocycles. The molecule has 3 heteroatoms. The minimum atomic E-state index is -0.181. The van der Waals surface area contributed by atoms with Gasteiger partial charge >= 0.3 is 0 Å². The Morgan fingerprint density at radius 1 is 1.24 bits per heavy atom. The first kappa shape index (κ1) is 12.5. The Kier molecular flexibility index (Phi) is 4.13. The van der Waals surface area contributed by atoms with Gasteiger partial charge in [-0.1, -0.05) is 12.1 Å². The van der Waals surface area contributed by atoms with Crippen LogP contribution in [-0.4, -0.2) is 25.3 Å². The zero-order valence-corrected chi connectivity index (χ0v) is 10.3. The topological polar surface area (TPSA) is 21.3 Å². The van der Waals surface area contributed by atoms with Crippen LogP contribution in [0.4, 0.5) is 4.39 Å². The summed E-state index contributed by atoms with van der Waals surface area (Å²) in [6.45, 7) is 4.96. The normalized spacial score (nSPS) is 19.2. The van der Waals surface area contributed by atoms with Gasteiger partial charge in [0.25, 0.3) is 0 Å². The molecule has 1 aromatic rings. The Morgan fingerprint density at radius 3 is 2.53 bits per heavy atom. The minimum absolute atomic E-state index is 0.0191. The molecule has 1 fully saturated rings. The molecule has 0 amide bonds. The van der Waals surface area contributed by atoms with Crippen LogP contribution in [0.2, 0.25) is 0 Å². The average Bonchev–Trinajstić information content (AvgIpc) is 2.32. The van der Waals surface area contributed by atoms with Gasteiger partial charge in [-0.25, -0.2) is 4.39 Å². The van der Waals surface area contributed by atoms with E-state index in [0.29, 0.717) is 6.61 Å². The van der Waals surface area contributed by atoms with Crippen LogP contribution in [0.5, 0.6) is 0 Å². The van der Waals surface area contributed by atoms with E-state index < -0.39 is 0 Å². The Morgan fingerprint density at radius 2 is 1.88 bits per heavy atom. The number of rotatable bonds is 4. The zero-order chi connectivity index (χ0) is 12.1. The fraction of sp³-hybridized carbons (Fsp3) is 0.571. The number of piperidine rings is 1. The van der Waals surface area contributed by atoms with Crippen molar-refractivity contribution in [3.63, 3.8) is 0 Å². The number of ether oxygens (including phenoxy) is 1. The summed E-state index contributed by atoms with van der Waals surface area (Å²) in [4.78, 5) is 0. The van der Waals surface area contributed by atoms with Crippen molar-refractivity contribution in [3.05, 3.63) is 35.6 Å². The lowest BCUT2D eigenvalue weighted by atomic mass is 9.94. The summed E-state index contributed by atoms with van der Waals surface area (Å²) in [5.41, 5.74) is 1.15. The highest BCUT2D eigenvalue weighted by Crippen LogP contribution is 2.22. The van der Waals surface area contributed by atoms with Crippen LogP contribution in [-0.2, 0) is 11.2 Å². The predicted octanol–water partition coefficient (Wildman–Crippen LogP) is 2.53. The van der Waals surface area contributed by atoms with Gasteiger partial charge in [0.15, 0.2) is 0 Å². The number of benzene rings is 1.